The molecule has 1 spiro atoms. The summed E-state index contributed by atoms with van der Waals surface area (Å²) in [5.41, 5.74) is 1.00. The molecule has 24 heavy (non-hydrogen) atoms. The zero-order chi connectivity index (χ0) is 16.7. The van der Waals surface area contributed by atoms with Crippen molar-refractivity contribution in [2.75, 3.05) is 6.54 Å². The van der Waals surface area contributed by atoms with Crippen LogP contribution in [-0.4, -0.2) is 32.9 Å². The van der Waals surface area contributed by atoms with Crippen molar-refractivity contribution in [3.05, 3.63) is 53.1 Å². The van der Waals surface area contributed by atoms with Gasteiger partial charge in [0, 0.05) is 30.5 Å². The number of aromatic nitrogens is 2. The van der Waals surface area contributed by atoms with Crippen molar-refractivity contribution in [1.29, 1.82) is 0 Å². The maximum absolute atomic E-state index is 13.0. The minimum Gasteiger partial charge on any atom is -0.337 e. The van der Waals surface area contributed by atoms with E-state index in [0.29, 0.717) is 24.4 Å². The second-order valence-electron chi connectivity index (χ2n) is 6.25. The molecule has 6 nitrogen and oxygen atoms in total. The third-order valence-corrected chi connectivity index (χ3v) is 5.06. The molecule has 2 aromatic rings. The molecule has 4 rings (SSSR count). The summed E-state index contributed by atoms with van der Waals surface area (Å²) in [7, 11) is 0. The van der Waals surface area contributed by atoms with Gasteiger partial charge in [0.1, 0.15) is 5.54 Å². The van der Waals surface area contributed by atoms with Gasteiger partial charge in [-0.2, -0.15) is 0 Å². The van der Waals surface area contributed by atoms with E-state index in [4.69, 9.17) is 11.6 Å². The molecular weight excluding hydrogens is 328 g/mol. The molecule has 2 heterocycles. The van der Waals surface area contributed by atoms with Crippen LogP contribution < -0.4 is 5.32 Å². The zero-order valence-electron chi connectivity index (χ0n) is 13.0. The average molecular weight is 345 g/mol. The monoisotopic (exact) mass is 344 g/mol. The summed E-state index contributed by atoms with van der Waals surface area (Å²) in [5, 5.41) is 3.58. The predicted molar refractivity (Wildman–Crippen MR) is 88.5 cm³/mol. The molecule has 1 atom stereocenters. The summed E-state index contributed by atoms with van der Waals surface area (Å²) in [5.74, 6) is -0.154. The van der Waals surface area contributed by atoms with Crippen LogP contribution in [0.4, 0.5) is 4.79 Å². The zero-order valence-corrected chi connectivity index (χ0v) is 13.8. The number of imidazole rings is 1. The number of halogens is 1. The fourth-order valence-corrected chi connectivity index (χ4v) is 3.85. The molecule has 1 fully saturated rings. The summed E-state index contributed by atoms with van der Waals surface area (Å²) < 4.78 is 1.93. The van der Waals surface area contributed by atoms with Crippen molar-refractivity contribution in [3.8, 4) is 0 Å². The number of imide groups is 1. The molecule has 0 saturated carbocycles. The van der Waals surface area contributed by atoms with Crippen LogP contribution in [0.5, 0.6) is 0 Å². The van der Waals surface area contributed by atoms with E-state index in [9.17, 15) is 9.59 Å². The highest BCUT2D eigenvalue weighted by atomic mass is 35.5. The number of hydrogen-bond acceptors (Lipinski definition) is 3. The van der Waals surface area contributed by atoms with Crippen LogP contribution in [0.25, 0.3) is 0 Å². The lowest BCUT2D eigenvalue weighted by atomic mass is 9.92. The number of nitrogens with zero attached hydrogens (tertiary/aromatic N) is 3. The van der Waals surface area contributed by atoms with Crippen LogP contribution in [-0.2, 0) is 23.3 Å². The van der Waals surface area contributed by atoms with Crippen LogP contribution in [0.15, 0.2) is 36.9 Å². The van der Waals surface area contributed by atoms with Crippen LogP contribution in [0.2, 0.25) is 5.02 Å². The Morgan fingerprint density at radius 3 is 2.96 bits per heavy atom. The minimum atomic E-state index is -0.911. The number of amides is 3. The highest BCUT2D eigenvalue weighted by Crippen LogP contribution is 2.42. The molecule has 1 aliphatic heterocycles. The molecule has 1 N–H and O–H groups in total. The lowest BCUT2D eigenvalue weighted by Gasteiger charge is -2.22. The molecule has 1 saturated heterocycles. The second kappa shape index (κ2) is 5.63. The van der Waals surface area contributed by atoms with E-state index in [-0.39, 0.29) is 11.9 Å². The van der Waals surface area contributed by atoms with Gasteiger partial charge in [-0.25, -0.2) is 9.78 Å². The first-order chi connectivity index (χ1) is 11.6. The highest BCUT2D eigenvalue weighted by molar-refractivity contribution is 6.30. The lowest BCUT2D eigenvalue weighted by molar-refractivity contribution is -0.131. The van der Waals surface area contributed by atoms with E-state index in [1.165, 1.54) is 4.90 Å². The maximum Gasteiger partial charge on any atom is 0.325 e. The number of carbonyl (C=O) groups is 2. The maximum atomic E-state index is 13.0. The summed E-state index contributed by atoms with van der Waals surface area (Å²) >= 11 is 6.04. The Bertz CT molecular complexity index is 805. The lowest BCUT2D eigenvalue weighted by Crippen LogP contribution is -2.42. The molecule has 1 aliphatic carbocycles. The Balaban J connectivity index is 1.52. The van der Waals surface area contributed by atoms with Crippen LogP contribution >= 0.6 is 11.6 Å². The predicted octanol–water partition coefficient (Wildman–Crippen LogP) is 2.32. The summed E-state index contributed by atoms with van der Waals surface area (Å²) in [6, 6.07) is 5.20. The Labute approximate surface area is 144 Å². The first-order valence-corrected chi connectivity index (χ1v) is 8.37. The second-order valence-corrected chi connectivity index (χ2v) is 6.68. The number of rotatable bonds is 4. The largest absolute Gasteiger partial charge is 0.337 e. The first kappa shape index (κ1) is 15.2. The normalized spacial score (nSPS) is 22.3. The van der Waals surface area contributed by atoms with Gasteiger partial charge < -0.3 is 9.88 Å². The molecule has 0 bridgehead atoms. The van der Waals surface area contributed by atoms with E-state index in [0.717, 1.165) is 24.1 Å². The van der Waals surface area contributed by atoms with Gasteiger partial charge in [-0.3, -0.25) is 9.69 Å². The number of benzene rings is 1. The minimum absolute atomic E-state index is 0.154. The average Bonchev–Trinajstić information content (AvgIpc) is 3.24. The summed E-state index contributed by atoms with van der Waals surface area (Å²) in [6.45, 7) is 1.11. The molecule has 2 aliphatic rings. The van der Waals surface area contributed by atoms with Crippen molar-refractivity contribution in [2.45, 2.75) is 31.3 Å². The Morgan fingerprint density at radius 2 is 2.17 bits per heavy atom. The standard InChI is InChI=1S/C17H17ClN4O2/c18-13-2-3-14-12(10-13)4-5-17(14)15(23)22(16(24)20-17)8-1-7-21-9-6-19-11-21/h2-3,6,9-11H,1,4-5,7-8H2,(H,20,24). The van der Waals surface area contributed by atoms with Crippen LogP contribution in [0, 0.1) is 0 Å². The Kier molecular flexibility index (Phi) is 3.57. The topological polar surface area (TPSA) is 67.2 Å². The quantitative estimate of drug-likeness (QED) is 0.865. The van der Waals surface area contributed by atoms with Crippen LogP contribution in [0.1, 0.15) is 24.0 Å². The Hall–Kier alpha value is -2.34. The van der Waals surface area contributed by atoms with Crippen molar-refractivity contribution in [2.24, 2.45) is 0 Å². The van der Waals surface area contributed by atoms with Gasteiger partial charge >= 0.3 is 6.03 Å². The first-order valence-electron chi connectivity index (χ1n) is 7.99. The molecule has 0 radical (unpaired) electrons. The number of hydrogen-bond donors (Lipinski definition) is 1. The molecule has 3 amide bonds. The summed E-state index contributed by atoms with van der Waals surface area (Å²) in [4.78, 5) is 30.7. The third-order valence-electron chi connectivity index (χ3n) is 4.83. The van der Waals surface area contributed by atoms with Gasteiger partial charge in [-0.05, 0) is 42.5 Å². The van der Waals surface area contributed by atoms with Crippen molar-refractivity contribution in [3.63, 3.8) is 0 Å². The van der Waals surface area contributed by atoms with Crippen molar-refractivity contribution in [1.82, 2.24) is 19.8 Å². The van der Waals surface area contributed by atoms with Gasteiger partial charge in [0.05, 0.1) is 6.33 Å². The summed E-state index contributed by atoms with van der Waals surface area (Å²) in [6.07, 6.45) is 7.33. The smallest absolute Gasteiger partial charge is 0.325 e. The van der Waals surface area contributed by atoms with E-state index in [1.807, 2.05) is 22.9 Å². The van der Waals surface area contributed by atoms with Gasteiger partial charge in [0.15, 0.2) is 0 Å². The van der Waals surface area contributed by atoms with Crippen molar-refractivity contribution < 1.29 is 9.59 Å². The van der Waals surface area contributed by atoms with Gasteiger partial charge in [-0.15, -0.1) is 0 Å². The molecule has 1 aromatic carbocycles. The number of urea groups is 1. The number of fused-ring (bicyclic) bond motifs is 2. The molecule has 1 unspecified atom stereocenters. The highest BCUT2D eigenvalue weighted by Gasteiger charge is 2.54. The fraction of sp³-hybridized carbons (Fsp3) is 0.353. The number of nitrogens with one attached hydrogen (secondary N) is 1. The van der Waals surface area contributed by atoms with Gasteiger partial charge in [0.25, 0.3) is 5.91 Å². The molecule has 7 heteroatoms. The van der Waals surface area contributed by atoms with Crippen molar-refractivity contribution >= 4 is 23.5 Å². The van der Waals surface area contributed by atoms with Gasteiger partial charge in [0.2, 0.25) is 0 Å². The Morgan fingerprint density at radius 1 is 1.29 bits per heavy atom. The molecular formula is C17H17ClN4O2. The third kappa shape index (κ3) is 2.29. The molecule has 1 aromatic heterocycles. The fourth-order valence-electron chi connectivity index (χ4n) is 3.65. The van der Waals surface area contributed by atoms with Gasteiger partial charge in [-0.1, -0.05) is 17.7 Å². The number of carbonyl (C=O) groups excluding carboxylic acids is 2. The van der Waals surface area contributed by atoms with E-state index >= 15 is 0 Å². The van der Waals surface area contributed by atoms with E-state index in [1.54, 1.807) is 18.6 Å². The van der Waals surface area contributed by atoms with Crippen LogP contribution in [0.3, 0.4) is 0 Å². The number of aryl methyl sites for hydroxylation is 2. The SMILES string of the molecule is O=C1NC2(CCc3cc(Cl)ccc32)C(=O)N1CCCn1ccnc1. The van der Waals surface area contributed by atoms with E-state index < -0.39 is 5.54 Å². The van der Waals surface area contributed by atoms with E-state index in [2.05, 4.69) is 10.3 Å². The molecule has 124 valence electrons.